The number of rotatable bonds is 5. The number of aryl methyl sites for hydroxylation is 1. The molecular weight excluding hydrogens is 300 g/mol. The Labute approximate surface area is 144 Å². The van der Waals surface area contributed by atoms with Crippen LogP contribution in [0, 0.1) is 11.8 Å². The van der Waals surface area contributed by atoms with Crippen LogP contribution in [-0.4, -0.2) is 39.5 Å². The molecule has 3 rings (SSSR count). The van der Waals surface area contributed by atoms with Crippen molar-refractivity contribution in [2.45, 2.75) is 46.8 Å². The van der Waals surface area contributed by atoms with E-state index in [4.69, 9.17) is 4.98 Å². The Bertz CT molecular complexity index is 721. The van der Waals surface area contributed by atoms with Crippen LogP contribution < -0.4 is 5.32 Å². The Morgan fingerprint density at radius 3 is 2.75 bits per heavy atom. The normalized spacial score (nSPS) is 21.7. The Kier molecular flexibility index (Phi) is 4.90. The monoisotopic (exact) mass is 328 g/mol. The van der Waals surface area contributed by atoms with Gasteiger partial charge in [-0.3, -0.25) is 9.69 Å². The molecule has 1 aromatic heterocycles. The second-order valence-electron chi connectivity index (χ2n) is 7.17. The van der Waals surface area contributed by atoms with Gasteiger partial charge in [0, 0.05) is 32.6 Å². The SMILES string of the molecule is CCn1c(CN2C[C@@H](NC(C)=O)[C@H](C(C)C)C2)nc2ccccc21. The summed E-state index contributed by atoms with van der Waals surface area (Å²) in [5, 5.41) is 3.14. The van der Waals surface area contributed by atoms with E-state index < -0.39 is 0 Å². The Morgan fingerprint density at radius 1 is 1.33 bits per heavy atom. The van der Waals surface area contributed by atoms with E-state index in [0.29, 0.717) is 11.8 Å². The molecule has 0 aliphatic carbocycles. The highest BCUT2D eigenvalue weighted by molar-refractivity contribution is 5.76. The molecule has 5 heteroatoms. The largest absolute Gasteiger partial charge is 0.352 e. The fraction of sp³-hybridized carbons (Fsp3) is 0.579. The van der Waals surface area contributed by atoms with Crippen LogP contribution in [0.25, 0.3) is 11.0 Å². The minimum Gasteiger partial charge on any atom is -0.352 e. The number of nitrogens with zero attached hydrogens (tertiary/aromatic N) is 3. The maximum atomic E-state index is 11.5. The molecule has 0 unspecified atom stereocenters. The quantitative estimate of drug-likeness (QED) is 0.918. The summed E-state index contributed by atoms with van der Waals surface area (Å²) in [6, 6.07) is 8.55. The molecule has 1 N–H and O–H groups in total. The molecule has 0 bridgehead atoms. The number of hydrogen-bond donors (Lipinski definition) is 1. The molecule has 24 heavy (non-hydrogen) atoms. The number of para-hydroxylation sites is 2. The predicted molar refractivity (Wildman–Crippen MR) is 96.6 cm³/mol. The van der Waals surface area contributed by atoms with Crippen LogP contribution in [0.2, 0.25) is 0 Å². The van der Waals surface area contributed by atoms with Crippen LogP contribution in [0.15, 0.2) is 24.3 Å². The summed E-state index contributed by atoms with van der Waals surface area (Å²) in [5.74, 6) is 2.23. The van der Waals surface area contributed by atoms with Gasteiger partial charge in [-0.05, 0) is 30.9 Å². The van der Waals surface area contributed by atoms with Crippen molar-refractivity contribution in [2.24, 2.45) is 11.8 Å². The number of amides is 1. The van der Waals surface area contributed by atoms with Gasteiger partial charge < -0.3 is 9.88 Å². The van der Waals surface area contributed by atoms with Crippen molar-refractivity contribution in [2.75, 3.05) is 13.1 Å². The topological polar surface area (TPSA) is 50.2 Å². The highest BCUT2D eigenvalue weighted by Gasteiger charge is 2.35. The van der Waals surface area contributed by atoms with E-state index in [2.05, 4.69) is 53.8 Å². The molecule has 1 amide bonds. The number of hydrogen-bond acceptors (Lipinski definition) is 3. The van der Waals surface area contributed by atoms with Crippen molar-refractivity contribution in [1.82, 2.24) is 19.8 Å². The van der Waals surface area contributed by atoms with E-state index in [0.717, 1.165) is 37.5 Å². The molecule has 2 atom stereocenters. The number of fused-ring (bicyclic) bond motifs is 1. The second kappa shape index (κ2) is 6.93. The first-order valence-electron chi connectivity index (χ1n) is 8.93. The smallest absolute Gasteiger partial charge is 0.217 e. The maximum Gasteiger partial charge on any atom is 0.217 e. The van der Waals surface area contributed by atoms with Crippen molar-refractivity contribution < 1.29 is 4.79 Å². The molecule has 1 aliphatic rings. The van der Waals surface area contributed by atoms with E-state index in [9.17, 15) is 4.79 Å². The Morgan fingerprint density at radius 2 is 2.08 bits per heavy atom. The van der Waals surface area contributed by atoms with Gasteiger partial charge in [0.05, 0.1) is 17.6 Å². The Hall–Kier alpha value is -1.88. The van der Waals surface area contributed by atoms with Crippen LogP contribution in [0.3, 0.4) is 0 Å². The number of nitrogens with one attached hydrogen (secondary N) is 1. The number of benzene rings is 1. The molecule has 0 spiro atoms. The summed E-state index contributed by atoms with van der Waals surface area (Å²) in [6.45, 7) is 11.9. The molecule has 1 aromatic carbocycles. The van der Waals surface area contributed by atoms with Crippen molar-refractivity contribution in [3.05, 3.63) is 30.1 Å². The molecule has 2 aromatic rings. The molecular formula is C19H28N4O. The first kappa shape index (κ1) is 17.0. The zero-order valence-electron chi connectivity index (χ0n) is 15.1. The molecule has 1 fully saturated rings. The summed E-state index contributed by atoms with van der Waals surface area (Å²) >= 11 is 0. The summed E-state index contributed by atoms with van der Waals surface area (Å²) in [6.07, 6.45) is 0. The minimum atomic E-state index is 0.0632. The fourth-order valence-corrected chi connectivity index (χ4v) is 3.93. The van der Waals surface area contributed by atoms with Gasteiger partial charge in [0.25, 0.3) is 0 Å². The Balaban J connectivity index is 1.80. The fourth-order valence-electron chi connectivity index (χ4n) is 3.93. The average Bonchev–Trinajstić information content (AvgIpc) is 3.07. The van der Waals surface area contributed by atoms with Crippen molar-refractivity contribution in [1.29, 1.82) is 0 Å². The molecule has 0 radical (unpaired) electrons. The second-order valence-corrected chi connectivity index (χ2v) is 7.17. The van der Waals surface area contributed by atoms with Gasteiger partial charge >= 0.3 is 0 Å². The van der Waals surface area contributed by atoms with Gasteiger partial charge in [-0.1, -0.05) is 26.0 Å². The third-order valence-corrected chi connectivity index (χ3v) is 5.10. The van der Waals surface area contributed by atoms with E-state index in [1.807, 2.05) is 6.07 Å². The van der Waals surface area contributed by atoms with Crippen molar-refractivity contribution >= 4 is 16.9 Å². The summed E-state index contributed by atoms with van der Waals surface area (Å²) in [5.41, 5.74) is 2.26. The molecule has 2 heterocycles. The lowest BCUT2D eigenvalue weighted by Gasteiger charge is -2.22. The lowest BCUT2D eigenvalue weighted by Crippen LogP contribution is -2.40. The van der Waals surface area contributed by atoms with Crippen LogP contribution in [0.4, 0.5) is 0 Å². The van der Waals surface area contributed by atoms with Crippen molar-refractivity contribution in [3.8, 4) is 0 Å². The average molecular weight is 328 g/mol. The van der Waals surface area contributed by atoms with E-state index in [1.54, 1.807) is 6.92 Å². The first-order chi connectivity index (χ1) is 11.5. The van der Waals surface area contributed by atoms with Gasteiger partial charge in [-0.15, -0.1) is 0 Å². The minimum absolute atomic E-state index is 0.0632. The van der Waals surface area contributed by atoms with Crippen LogP contribution in [0.1, 0.15) is 33.5 Å². The lowest BCUT2D eigenvalue weighted by molar-refractivity contribution is -0.119. The number of carbonyl (C=O) groups excluding carboxylic acids is 1. The van der Waals surface area contributed by atoms with Gasteiger partial charge in [-0.25, -0.2) is 4.98 Å². The summed E-state index contributed by atoms with van der Waals surface area (Å²) < 4.78 is 2.30. The molecule has 5 nitrogen and oxygen atoms in total. The standard InChI is InChI=1S/C19H28N4O/c1-5-23-18-9-7-6-8-16(18)21-19(23)12-22-10-15(13(2)3)17(11-22)20-14(4)24/h6-9,13,15,17H,5,10-12H2,1-4H3,(H,20,24)/t15-,17+/m0/s1. The maximum absolute atomic E-state index is 11.5. The zero-order valence-corrected chi connectivity index (χ0v) is 15.1. The molecule has 0 saturated carbocycles. The lowest BCUT2D eigenvalue weighted by atomic mass is 9.91. The third-order valence-electron chi connectivity index (χ3n) is 5.10. The van der Waals surface area contributed by atoms with E-state index in [1.165, 1.54) is 5.52 Å². The third kappa shape index (κ3) is 3.31. The van der Waals surface area contributed by atoms with Crippen molar-refractivity contribution in [3.63, 3.8) is 0 Å². The zero-order chi connectivity index (χ0) is 17.3. The van der Waals surface area contributed by atoms with Gasteiger partial charge in [-0.2, -0.15) is 0 Å². The number of imidazole rings is 1. The molecule has 1 saturated heterocycles. The number of likely N-dealkylation sites (tertiary alicyclic amines) is 1. The summed E-state index contributed by atoms with van der Waals surface area (Å²) in [4.78, 5) is 18.8. The van der Waals surface area contributed by atoms with E-state index in [-0.39, 0.29) is 11.9 Å². The van der Waals surface area contributed by atoms with Crippen LogP contribution >= 0.6 is 0 Å². The van der Waals surface area contributed by atoms with Crippen LogP contribution in [0.5, 0.6) is 0 Å². The van der Waals surface area contributed by atoms with E-state index >= 15 is 0 Å². The van der Waals surface area contributed by atoms with Gasteiger partial charge in [0.1, 0.15) is 5.82 Å². The predicted octanol–water partition coefficient (Wildman–Crippen LogP) is 2.65. The van der Waals surface area contributed by atoms with Gasteiger partial charge in [0.15, 0.2) is 0 Å². The molecule has 130 valence electrons. The van der Waals surface area contributed by atoms with Gasteiger partial charge in [0.2, 0.25) is 5.91 Å². The number of carbonyl (C=O) groups is 1. The highest BCUT2D eigenvalue weighted by Crippen LogP contribution is 2.26. The van der Waals surface area contributed by atoms with Crippen LogP contribution in [-0.2, 0) is 17.9 Å². The first-order valence-corrected chi connectivity index (χ1v) is 8.93. The summed E-state index contributed by atoms with van der Waals surface area (Å²) in [7, 11) is 0. The number of aromatic nitrogens is 2. The molecule has 1 aliphatic heterocycles. The highest BCUT2D eigenvalue weighted by atomic mass is 16.1.